The summed E-state index contributed by atoms with van der Waals surface area (Å²) in [5, 5.41) is 4.53. The number of aromatic nitrogens is 1. The van der Waals surface area contributed by atoms with Gasteiger partial charge in [-0.2, -0.15) is 13.2 Å². The van der Waals surface area contributed by atoms with E-state index in [1.165, 1.54) is 25.8 Å². The summed E-state index contributed by atoms with van der Waals surface area (Å²) in [6, 6.07) is 5.71. The molecule has 1 amide bonds. The Morgan fingerprint density at radius 1 is 1.17 bits per heavy atom. The number of piperidine rings is 1. The molecule has 0 atom stereocenters. The normalized spacial score (nSPS) is 17.4. The van der Waals surface area contributed by atoms with Crippen molar-refractivity contribution < 1.29 is 26.4 Å². The van der Waals surface area contributed by atoms with Crippen molar-refractivity contribution in [2.45, 2.75) is 38.8 Å². The van der Waals surface area contributed by atoms with E-state index in [4.69, 9.17) is 0 Å². The molecule has 2 aliphatic rings. The molecule has 2 fully saturated rings. The van der Waals surface area contributed by atoms with Gasteiger partial charge in [0.1, 0.15) is 4.83 Å². The molecule has 0 unspecified atom stereocenters. The van der Waals surface area contributed by atoms with Crippen LogP contribution >= 0.6 is 11.3 Å². The Morgan fingerprint density at radius 3 is 2.53 bits per heavy atom. The van der Waals surface area contributed by atoms with Gasteiger partial charge in [0.15, 0.2) is 0 Å². The predicted octanol–water partition coefficient (Wildman–Crippen LogP) is 5.71. The number of nitrogens with zero attached hydrogens (tertiary/aromatic N) is 2. The van der Waals surface area contributed by atoms with Gasteiger partial charge >= 0.3 is 6.18 Å². The maximum atomic E-state index is 13.4. The molecule has 1 saturated carbocycles. The number of nitrogens with one attached hydrogen (secondary N) is 2. The SMILES string of the molecule is CCS(=O)(=O)Nc1ccc(C(=O)Nc2csc3ncc(C(F)(F)F)cc23)c(N2CCC3(CC2)CC3)c1. The van der Waals surface area contributed by atoms with Crippen molar-refractivity contribution in [2.24, 2.45) is 5.41 Å². The number of fused-ring (bicyclic) bond motifs is 1. The van der Waals surface area contributed by atoms with E-state index in [0.717, 1.165) is 49.5 Å². The van der Waals surface area contributed by atoms with Gasteiger partial charge in [0.25, 0.3) is 5.91 Å². The lowest BCUT2D eigenvalue weighted by molar-refractivity contribution is -0.137. The van der Waals surface area contributed by atoms with Gasteiger partial charge in [-0.25, -0.2) is 13.4 Å². The fourth-order valence-electron chi connectivity index (χ4n) is 4.56. The molecule has 5 rings (SSSR count). The van der Waals surface area contributed by atoms with Crippen LogP contribution in [0.25, 0.3) is 10.2 Å². The van der Waals surface area contributed by atoms with Crippen molar-refractivity contribution in [1.82, 2.24) is 4.98 Å². The zero-order valence-electron chi connectivity index (χ0n) is 19.5. The molecule has 36 heavy (non-hydrogen) atoms. The quantitative estimate of drug-likeness (QED) is 0.420. The number of hydrogen-bond acceptors (Lipinski definition) is 6. The monoisotopic (exact) mass is 538 g/mol. The Morgan fingerprint density at radius 2 is 1.89 bits per heavy atom. The van der Waals surface area contributed by atoms with Crippen LogP contribution in [0.3, 0.4) is 0 Å². The van der Waals surface area contributed by atoms with Crippen molar-refractivity contribution in [3.63, 3.8) is 0 Å². The summed E-state index contributed by atoms with van der Waals surface area (Å²) < 4.78 is 66.4. The highest BCUT2D eigenvalue weighted by atomic mass is 32.2. The molecule has 2 aromatic heterocycles. The van der Waals surface area contributed by atoms with E-state index in [9.17, 15) is 26.4 Å². The summed E-state index contributed by atoms with van der Waals surface area (Å²) in [5.74, 6) is -0.575. The van der Waals surface area contributed by atoms with E-state index in [1.54, 1.807) is 17.5 Å². The minimum absolute atomic E-state index is 0.0873. The number of carbonyl (C=O) groups excluding carboxylic acids is 1. The Kier molecular flexibility index (Phi) is 6.14. The highest BCUT2D eigenvalue weighted by Gasteiger charge is 2.44. The van der Waals surface area contributed by atoms with Crippen LogP contribution in [0.5, 0.6) is 0 Å². The number of sulfonamides is 1. The van der Waals surface area contributed by atoms with E-state index in [0.29, 0.717) is 27.2 Å². The first-order valence-electron chi connectivity index (χ1n) is 11.6. The predicted molar refractivity (Wildman–Crippen MR) is 135 cm³/mol. The lowest BCUT2D eigenvalue weighted by Crippen LogP contribution is -2.35. The van der Waals surface area contributed by atoms with Gasteiger partial charge in [-0.05, 0) is 62.3 Å². The fourth-order valence-corrected chi connectivity index (χ4v) is 6.01. The molecule has 0 radical (unpaired) electrons. The summed E-state index contributed by atoms with van der Waals surface area (Å²) in [4.78, 5) is 19.7. The molecule has 1 aromatic carbocycles. The highest BCUT2D eigenvalue weighted by molar-refractivity contribution is 7.92. The molecule has 1 saturated heterocycles. The summed E-state index contributed by atoms with van der Waals surface area (Å²) in [6.07, 6.45) is 0.654. The molecule has 0 bridgehead atoms. The Balaban J connectivity index is 1.47. The maximum absolute atomic E-state index is 13.4. The largest absolute Gasteiger partial charge is 0.417 e. The van der Waals surface area contributed by atoms with Gasteiger partial charge in [0.05, 0.1) is 33.9 Å². The zero-order chi connectivity index (χ0) is 25.7. The summed E-state index contributed by atoms with van der Waals surface area (Å²) in [6.45, 7) is 3.02. The smallest absolute Gasteiger partial charge is 0.371 e. The topological polar surface area (TPSA) is 91.4 Å². The van der Waals surface area contributed by atoms with Crippen LogP contribution in [0.1, 0.15) is 48.5 Å². The molecular weight excluding hydrogens is 513 g/mol. The number of benzene rings is 1. The van der Waals surface area contributed by atoms with Crippen LogP contribution < -0.4 is 14.9 Å². The zero-order valence-corrected chi connectivity index (χ0v) is 21.1. The van der Waals surface area contributed by atoms with Crippen molar-refractivity contribution in [3.8, 4) is 0 Å². The summed E-state index contributed by atoms with van der Waals surface area (Å²) in [7, 11) is -3.51. The van der Waals surface area contributed by atoms with Gasteiger partial charge in [0.2, 0.25) is 10.0 Å². The third-order valence-corrected chi connectivity index (χ3v) is 9.23. The van der Waals surface area contributed by atoms with Gasteiger partial charge in [-0.3, -0.25) is 9.52 Å². The maximum Gasteiger partial charge on any atom is 0.417 e. The number of thiophene rings is 1. The molecule has 1 spiro atoms. The first-order chi connectivity index (χ1) is 17.0. The third kappa shape index (κ3) is 5.01. The second-order valence-electron chi connectivity index (χ2n) is 9.40. The van der Waals surface area contributed by atoms with Gasteiger partial charge in [0, 0.05) is 30.1 Å². The molecule has 1 aliphatic carbocycles. The number of carbonyl (C=O) groups is 1. The molecule has 12 heteroatoms. The summed E-state index contributed by atoms with van der Waals surface area (Å²) in [5.41, 5.74) is 1.03. The standard InChI is InChI=1S/C24H25F3N4O3S2/c1-2-36(33,34)30-16-3-4-17(20(12-16)31-9-7-23(5-6-23)8-10-31)21(32)29-19-14-35-22-18(19)11-15(13-28-22)24(25,26)27/h3-4,11-14,30H,2,5-10H2,1H3,(H,29,32). The second-order valence-corrected chi connectivity index (χ2v) is 12.3. The van der Waals surface area contributed by atoms with Crippen molar-refractivity contribution in [1.29, 1.82) is 0 Å². The molecule has 1 aliphatic heterocycles. The van der Waals surface area contributed by atoms with E-state index >= 15 is 0 Å². The first-order valence-corrected chi connectivity index (χ1v) is 14.2. The van der Waals surface area contributed by atoms with Crippen LogP contribution in [-0.4, -0.2) is 38.2 Å². The minimum atomic E-state index is -4.55. The number of rotatable bonds is 6. The average molecular weight is 539 g/mol. The Labute approximate surface area is 210 Å². The number of pyridine rings is 1. The van der Waals surface area contributed by atoms with Crippen molar-refractivity contribution in [2.75, 3.05) is 33.8 Å². The molecule has 7 nitrogen and oxygen atoms in total. The second kappa shape index (κ2) is 8.91. The van der Waals surface area contributed by atoms with Crippen LogP contribution in [0.15, 0.2) is 35.8 Å². The number of amides is 1. The van der Waals surface area contributed by atoms with Crippen LogP contribution in [0.4, 0.5) is 30.2 Å². The first kappa shape index (κ1) is 24.8. The van der Waals surface area contributed by atoms with Gasteiger partial charge in [-0.1, -0.05) is 0 Å². The molecular formula is C24H25F3N4O3S2. The fraction of sp³-hybridized carbons (Fsp3) is 0.417. The number of hydrogen-bond donors (Lipinski definition) is 2. The molecule has 3 aromatic rings. The van der Waals surface area contributed by atoms with Gasteiger partial charge < -0.3 is 10.2 Å². The lowest BCUT2D eigenvalue weighted by atomic mass is 9.93. The Hall–Kier alpha value is -2.86. The van der Waals surface area contributed by atoms with E-state index < -0.39 is 27.7 Å². The number of alkyl halides is 3. The third-order valence-electron chi connectivity index (χ3n) is 7.02. The van der Waals surface area contributed by atoms with Crippen molar-refractivity contribution >= 4 is 54.5 Å². The molecule has 192 valence electrons. The number of anilines is 3. The lowest BCUT2D eigenvalue weighted by Gasteiger charge is -2.35. The molecule has 2 N–H and O–H groups in total. The molecule has 3 heterocycles. The van der Waals surface area contributed by atoms with E-state index in [1.807, 2.05) is 0 Å². The summed E-state index contributed by atoms with van der Waals surface area (Å²) >= 11 is 1.14. The van der Waals surface area contributed by atoms with Crippen LogP contribution in [0, 0.1) is 5.41 Å². The van der Waals surface area contributed by atoms with E-state index in [-0.39, 0.29) is 16.8 Å². The average Bonchev–Trinajstić information content (AvgIpc) is 3.47. The van der Waals surface area contributed by atoms with E-state index in [2.05, 4.69) is 19.9 Å². The number of halogens is 3. The highest BCUT2D eigenvalue weighted by Crippen LogP contribution is 2.54. The Bertz CT molecular complexity index is 1420. The van der Waals surface area contributed by atoms with Gasteiger partial charge in [-0.15, -0.1) is 11.3 Å². The van der Waals surface area contributed by atoms with Crippen LogP contribution in [0.2, 0.25) is 0 Å². The van der Waals surface area contributed by atoms with Crippen LogP contribution in [-0.2, 0) is 16.2 Å². The van der Waals surface area contributed by atoms with Crippen molar-refractivity contribution in [3.05, 3.63) is 47.0 Å². The minimum Gasteiger partial charge on any atom is -0.371 e.